The quantitative estimate of drug-likeness (QED) is 0.864. The molecule has 5 heteroatoms. The van der Waals surface area contributed by atoms with Crippen molar-refractivity contribution in [1.29, 1.82) is 0 Å². The average molecular weight is 341 g/mol. The molecule has 1 unspecified atom stereocenters. The van der Waals surface area contributed by atoms with Crippen molar-refractivity contribution in [3.63, 3.8) is 0 Å². The summed E-state index contributed by atoms with van der Waals surface area (Å²) in [6.07, 6.45) is 2.15. The summed E-state index contributed by atoms with van der Waals surface area (Å²) in [5.74, 6) is -0.0343. The van der Waals surface area contributed by atoms with Gasteiger partial charge in [0.25, 0.3) is 5.91 Å². The van der Waals surface area contributed by atoms with Crippen LogP contribution in [0.3, 0.4) is 0 Å². The van der Waals surface area contributed by atoms with Gasteiger partial charge in [0.05, 0.1) is 12.1 Å². The number of amides is 1. The van der Waals surface area contributed by atoms with Crippen molar-refractivity contribution in [2.75, 3.05) is 26.8 Å². The fraction of sp³-hybridized carbons (Fsp3) is 0.533. The highest BCUT2D eigenvalue weighted by Gasteiger charge is 2.33. The molecule has 1 fully saturated rings. The van der Waals surface area contributed by atoms with Crippen LogP contribution in [0.25, 0.3) is 0 Å². The van der Waals surface area contributed by atoms with Crippen molar-refractivity contribution in [3.8, 4) is 0 Å². The largest absolute Gasteiger partial charge is 0.383 e. The second-order valence-electron chi connectivity index (χ2n) is 5.34. The van der Waals surface area contributed by atoms with Crippen LogP contribution in [0.4, 0.5) is 0 Å². The number of methoxy groups -OCH3 is 1. The Balaban J connectivity index is 2.02. The SMILES string of the molecule is COCC1(CNC(=O)c2cccc(Br)c2C)CCCN1. The Morgan fingerprint density at radius 1 is 1.55 bits per heavy atom. The fourth-order valence-corrected chi connectivity index (χ4v) is 3.03. The molecule has 1 heterocycles. The molecule has 20 heavy (non-hydrogen) atoms. The molecule has 1 atom stereocenters. The van der Waals surface area contributed by atoms with E-state index in [0.717, 1.165) is 29.4 Å². The van der Waals surface area contributed by atoms with Crippen LogP contribution in [0.2, 0.25) is 0 Å². The van der Waals surface area contributed by atoms with Gasteiger partial charge in [0.15, 0.2) is 0 Å². The van der Waals surface area contributed by atoms with Gasteiger partial charge in [0.2, 0.25) is 0 Å². The van der Waals surface area contributed by atoms with Crippen molar-refractivity contribution in [2.24, 2.45) is 0 Å². The van der Waals surface area contributed by atoms with E-state index < -0.39 is 0 Å². The average Bonchev–Trinajstić information content (AvgIpc) is 2.89. The number of ether oxygens (including phenoxy) is 1. The first-order valence-electron chi connectivity index (χ1n) is 6.85. The van der Waals surface area contributed by atoms with E-state index in [-0.39, 0.29) is 11.4 Å². The van der Waals surface area contributed by atoms with E-state index in [9.17, 15) is 4.79 Å². The molecule has 4 nitrogen and oxygen atoms in total. The molecule has 110 valence electrons. The van der Waals surface area contributed by atoms with Crippen LogP contribution in [0, 0.1) is 6.92 Å². The second-order valence-corrected chi connectivity index (χ2v) is 6.19. The lowest BCUT2D eigenvalue weighted by atomic mass is 9.98. The van der Waals surface area contributed by atoms with Crippen molar-refractivity contribution < 1.29 is 9.53 Å². The third-order valence-electron chi connectivity index (χ3n) is 3.85. The lowest BCUT2D eigenvalue weighted by Crippen LogP contribution is -2.53. The number of hydrogen-bond acceptors (Lipinski definition) is 3. The number of rotatable bonds is 5. The van der Waals surface area contributed by atoms with Gasteiger partial charge in [-0.1, -0.05) is 22.0 Å². The molecule has 0 aliphatic carbocycles. The zero-order valence-electron chi connectivity index (χ0n) is 12.0. The first kappa shape index (κ1) is 15.5. The van der Waals surface area contributed by atoms with Crippen molar-refractivity contribution in [1.82, 2.24) is 10.6 Å². The molecule has 2 rings (SSSR count). The van der Waals surface area contributed by atoms with E-state index in [1.807, 2.05) is 25.1 Å². The van der Waals surface area contributed by atoms with Crippen LogP contribution >= 0.6 is 15.9 Å². The molecule has 1 aromatic rings. The van der Waals surface area contributed by atoms with E-state index in [0.29, 0.717) is 18.7 Å². The van der Waals surface area contributed by atoms with E-state index in [1.54, 1.807) is 7.11 Å². The molecule has 2 N–H and O–H groups in total. The minimum atomic E-state index is -0.121. The van der Waals surface area contributed by atoms with Gasteiger partial charge in [-0.2, -0.15) is 0 Å². The van der Waals surface area contributed by atoms with Gasteiger partial charge in [-0.3, -0.25) is 4.79 Å². The van der Waals surface area contributed by atoms with E-state index in [1.165, 1.54) is 0 Å². The van der Waals surface area contributed by atoms with Crippen LogP contribution in [0.1, 0.15) is 28.8 Å². The minimum absolute atomic E-state index is 0.0343. The molecule has 1 aliphatic heterocycles. The number of carbonyl (C=O) groups is 1. The van der Waals surface area contributed by atoms with Crippen LogP contribution in [-0.2, 0) is 4.74 Å². The Bertz CT molecular complexity index is 485. The molecule has 0 bridgehead atoms. The molecule has 0 aromatic heterocycles. The van der Waals surface area contributed by atoms with Gasteiger partial charge >= 0.3 is 0 Å². The molecule has 1 aromatic carbocycles. The lowest BCUT2D eigenvalue weighted by molar-refractivity contribution is 0.0891. The fourth-order valence-electron chi connectivity index (χ4n) is 2.67. The number of benzene rings is 1. The Kier molecular flexibility index (Phi) is 5.18. The Labute approximate surface area is 128 Å². The highest BCUT2D eigenvalue weighted by molar-refractivity contribution is 9.10. The first-order chi connectivity index (χ1) is 9.58. The van der Waals surface area contributed by atoms with Crippen molar-refractivity contribution >= 4 is 21.8 Å². The summed E-state index contributed by atoms with van der Waals surface area (Å²) in [6.45, 7) is 4.13. The van der Waals surface area contributed by atoms with Crippen molar-refractivity contribution in [2.45, 2.75) is 25.3 Å². The second kappa shape index (κ2) is 6.70. The lowest BCUT2D eigenvalue weighted by Gasteiger charge is -2.29. The van der Waals surface area contributed by atoms with E-state index >= 15 is 0 Å². The number of hydrogen-bond donors (Lipinski definition) is 2. The smallest absolute Gasteiger partial charge is 0.251 e. The summed E-state index contributed by atoms with van der Waals surface area (Å²) in [6, 6.07) is 5.67. The summed E-state index contributed by atoms with van der Waals surface area (Å²) < 4.78 is 6.24. The summed E-state index contributed by atoms with van der Waals surface area (Å²) in [7, 11) is 1.70. The van der Waals surface area contributed by atoms with Gasteiger partial charge in [-0.05, 0) is 44.0 Å². The number of carbonyl (C=O) groups excluding carboxylic acids is 1. The molecule has 1 saturated heterocycles. The van der Waals surface area contributed by atoms with Crippen LogP contribution in [-0.4, -0.2) is 38.3 Å². The minimum Gasteiger partial charge on any atom is -0.383 e. The molecule has 0 radical (unpaired) electrons. The molecule has 1 aliphatic rings. The number of halogens is 1. The van der Waals surface area contributed by atoms with Crippen molar-refractivity contribution in [3.05, 3.63) is 33.8 Å². The third kappa shape index (κ3) is 3.40. The molecular weight excluding hydrogens is 320 g/mol. The maximum atomic E-state index is 12.3. The summed E-state index contributed by atoms with van der Waals surface area (Å²) >= 11 is 3.45. The predicted molar refractivity (Wildman–Crippen MR) is 83.1 cm³/mol. The predicted octanol–water partition coefficient (Wildman–Crippen LogP) is 2.26. The monoisotopic (exact) mass is 340 g/mol. The van der Waals surface area contributed by atoms with Crippen LogP contribution < -0.4 is 10.6 Å². The zero-order chi connectivity index (χ0) is 14.6. The molecule has 0 spiro atoms. The summed E-state index contributed by atoms with van der Waals surface area (Å²) in [4.78, 5) is 12.3. The van der Waals surface area contributed by atoms with Gasteiger partial charge in [0, 0.05) is 23.7 Å². The van der Waals surface area contributed by atoms with Crippen LogP contribution in [0.5, 0.6) is 0 Å². The van der Waals surface area contributed by atoms with Gasteiger partial charge in [0.1, 0.15) is 0 Å². The Morgan fingerprint density at radius 3 is 3.00 bits per heavy atom. The molecule has 1 amide bonds. The maximum Gasteiger partial charge on any atom is 0.251 e. The standard InChI is InChI=1S/C15H21BrN2O2/c1-11-12(5-3-6-13(11)16)14(19)17-9-15(10-20-2)7-4-8-18-15/h3,5-6,18H,4,7-10H2,1-2H3,(H,17,19). The summed E-state index contributed by atoms with van der Waals surface area (Å²) in [5.41, 5.74) is 1.56. The van der Waals surface area contributed by atoms with Gasteiger partial charge in [-0.15, -0.1) is 0 Å². The Morgan fingerprint density at radius 2 is 2.35 bits per heavy atom. The molecule has 0 saturated carbocycles. The molecular formula is C15H21BrN2O2. The third-order valence-corrected chi connectivity index (χ3v) is 4.71. The topological polar surface area (TPSA) is 50.4 Å². The highest BCUT2D eigenvalue weighted by atomic mass is 79.9. The van der Waals surface area contributed by atoms with Crippen LogP contribution in [0.15, 0.2) is 22.7 Å². The first-order valence-corrected chi connectivity index (χ1v) is 7.64. The maximum absolute atomic E-state index is 12.3. The Hall–Kier alpha value is -0.910. The highest BCUT2D eigenvalue weighted by Crippen LogP contribution is 2.21. The number of nitrogens with one attached hydrogen (secondary N) is 2. The summed E-state index contributed by atoms with van der Waals surface area (Å²) in [5, 5.41) is 6.49. The van der Waals surface area contributed by atoms with Gasteiger partial charge in [-0.25, -0.2) is 0 Å². The normalized spacial score (nSPS) is 21.9. The van der Waals surface area contributed by atoms with E-state index in [4.69, 9.17) is 4.74 Å². The zero-order valence-corrected chi connectivity index (χ0v) is 13.5. The van der Waals surface area contributed by atoms with E-state index in [2.05, 4.69) is 26.6 Å². The van der Waals surface area contributed by atoms with Gasteiger partial charge < -0.3 is 15.4 Å².